The van der Waals surface area contributed by atoms with Crippen LogP contribution in [0.2, 0.25) is 0 Å². The van der Waals surface area contributed by atoms with Crippen molar-refractivity contribution in [3.8, 4) is 11.3 Å². The summed E-state index contributed by atoms with van der Waals surface area (Å²) in [7, 11) is 0. The molecule has 0 saturated heterocycles. The Morgan fingerprint density at radius 3 is 2.52 bits per heavy atom. The van der Waals surface area contributed by atoms with E-state index in [1.807, 2.05) is 26.8 Å². The molecular formula is C21H21FN4O. The van der Waals surface area contributed by atoms with Gasteiger partial charge in [0.15, 0.2) is 0 Å². The largest absolute Gasteiger partial charge is 0.347 e. The van der Waals surface area contributed by atoms with E-state index in [1.54, 1.807) is 36.4 Å². The van der Waals surface area contributed by atoms with Crippen molar-refractivity contribution in [3.63, 3.8) is 0 Å². The molecule has 27 heavy (non-hydrogen) atoms. The van der Waals surface area contributed by atoms with Crippen molar-refractivity contribution in [2.75, 3.05) is 5.32 Å². The highest BCUT2D eigenvalue weighted by molar-refractivity contribution is 5.95. The summed E-state index contributed by atoms with van der Waals surface area (Å²) in [6, 6.07) is 15.1. The van der Waals surface area contributed by atoms with Gasteiger partial charge in [0.25, 0.3) is 5.91 Å². The van der Waals surface area contributed by atoms with Crippen LogP contribution in [0, 0.1) is 5.82 Å². The second kappa shape index (κ2) is 7.53. The van der Waals surface area contributed by atoms with Crippen molar-refractivity contribution in [2.24, 2.45) is 0 Å². The van der Waals surface area contributed by atoms with Gasteiger partial charge in [-0.15, -0.1) is 0 Å². The Morgan fingerprint density at radius 2 is 1.78 bits per heavy atom. The zero-order chi connectivity index (χ0) is 19.4. The first-order chi connectivity index (χ1) is 12.8. The maximum atomic E-state index is 13.4. The lowest BCUT2D eigenvalue weighted by molar-refractivity contribution is 0.0919. The average molecular weight is 364 g/mol. The van der Waals surface area contributed by atoms with Gasteiger partial charge in [0.2, 0.25) is 0 Å². The summed E-state index contributed by atoms with van der Waals surface area (Å²) in [5.41, 5.74) is 2.23. The van der Waals surface area contributed by atoms with Crippen LogP contribution in [0.5, 0.6) is 0 Å². The van der Waals surface area contributed by atoms with Crippen molar-refractivity contribution in [3.05, 3.63) is 72.3 Å². The molecule has 5 nitrogen and oxygen atoms in total. The van der Waals surface area contributed by atoms with Crippen LogP contribution in [-0.2, 0) is 0 Å². The van der Waals surface area contributed by atoms with Crippen LogP contribution in [0.15, 0.2) is 60.9 Å². The van der Waals surface area contributed by atoms with Crippen molar-refractivity contribution in [2.45, 2.75) is 26.3 Å². The second-order valence-corrected chi connectivity index (χ2v) is 7.21. The van der Waals surface area contributed by atoms with Gasteiger partial charge in [-0.25, -0.2) is 14.4 Å². The van der Waals surface area contributed by atoms with E-state index in [0.29, 0.717) is 22.6 Å². The molecule has 1 amide bonds. The van der Waals surface area contributed by atoms with Crippen molar-refractivity contribution in [1.82, 2.24) is 15.3 Å². The Balaban J connectivity index is 1.81. The number of halogens is 1. The lowest BCUT2D eigenvalue weighted by Crippen LogP contribution is -2.40. The van der Waals surface area contributed by atoms with Crippen LogP contribution >= 0.6 is 0 Å². The number of carbonyl (C=O) groups is 1. The van der Waals surface area contributed by atoms with E-state index in [0.717, 1.165) is 5.69 Å². The number of aromatic nitrogens is 2. The topological polar surface area (TPSA) is 66.9 Å². The zero-order valence-electron chi connectivity index (χ0n) is 15.5. The summed E-state index contributed by atoms with van der Waals surface area (Å²) in [5, 5.41) is 6.10. The van der Waals surface area contributed by atoms with E-state index in [-0.39, 0.29) is 17.3 Å². The summed E-state index contributed by atoms with van der Waals surface area (Å²) < 4.78 is 13.4. The molecular weight excluding hydrogens is 343 g/mol. The summed E-state index contributed by atoms with van der Waals surface area (Å²) in [6.45, 7) is 5.80. The number of rotatable bonds is 4. The molecule has 0 radical (unpaired) electrons. The molecule has 1 aromatic heterocycles. The fourth-order valence-corrected chi connectivity index (χ4v) is 2.53. The molecule has 0 fully saturated rings. The van der Waals surface area contributed by atoms with Gasteiger partial charge in [-0.3, -0.25) is 4.79 Å². The van der Waals surface area contributed by atoms with Crippen LogP contribution in [0.3, 0.4) is 0 Å². The first-order valence-electron chi connectivity index (χ1n) is 8.58. The number of anilines is 2. The average Bonchev–Trinajstić information content (AvgIpc) is 2.61. The van der Waals surface area contributed by atoms with Crippen LogP contribution < -0.4 is 10.6 Å². The van der Waals surface area contributed by atoms with E-state index < -0.39 is 0 Å². The van der Waals surface area contributed by atoms with Crippen molar-refractivity contribution in [1.29, 1.82) is 0 Å². The van der Waals surface area contributed by atoms with Crippen molar-refractivity contribution < 1.29 is 9.18 Å². The third-order valence-corrected chi connectivity index (χ3v) is 3.67. The highest BCUT2D eigenvalue weighted by Crippen LogP contribution is 2.22. The lowest BCUT2D eigenvalue weighted by Gasteiger charge is -2.20. The zero-order valence-corrected chi connectivity index (χ0v) is 15.5. The number of amides is 1. The van der Waals surface area contributed by atoms with Gasteiger partial charge in [-0.05, 0) is 51.1 Å². The van der Waals surface area contributed by atoms with Gasteiger partial charge in [0.05, 0.1) is 5.69 Å². The third-order valence-electron chi connectivity index (χ3n) is 3.67. The Hall–Kier alpha value is -3.28. The summed E-state index contributed by atoms with van der Waals surface area (Å²) >= 11 is 0. The van der Waals surface area contributed by atoms with Crippen LogP contribution in [-0.4, -0.2) is 21.4 Å². The molecule has 1 heterocycles. The SMILES string of the molecule is CC(C)(C)NC(=O)c1cccc(Nc2cc(-c3cccc(F)c3)ncn2)c1. The molecule has 2 aromatic carbocycles. The number of nitrogens with zero attached hydrogens (tertiary/aromatic N) is 2. The fraction of sp³-hybridized carbons (Fsp3) is 0.190. The first-order valence-corrected chi connectivity index (χ1v) is 8.58. The van der Waals surface area contributed by atoms with Gasteiger partial charge in [0.1, 0.15) is 18.0 Å². The Morgan fingerprint density at radius 1 is 1.00 bits per heavy atom. The van der Waals surface area contributed by atoms with Crippen LogP contribution in [0.1, 0.15) is 31.1 Å². The first kappa shape index (κ1) is 18.5. The van der Waals surface area contributed by atoms with Gasteiger partial charge in [-0.2, -0.15) is 0 Å². The smallest absolute Gasteiger partial charge is 0.251 e. The summed E-state index contributed by atoms with van der Waals surface area (Å²) in [4.78, 5) is 20.7. The monoisotopic (exact) mass is 364 g/mol. The maximum absolute atomic E-state index is 13.4. The Bertz CT molecular complexity index is 966. The predicted octanol–water partition coefficient (Wildman–Crippen LogP) is 4.55. The standard InChI is InChI=1S/C21H21FN4O/c1-21(2,3)26-20(27)15-7-5-9-17(11-15)25-19-12-18(23-13-24-19)14-6-4-8-16(22)10-14/h4-13H,1-3H3,(H,26,27)(H,23,24,25). The number of nitrogens with one attached hydrogen (secondary N) is 2. The maximum Gasteiger partial charge on any atom is 0.251 e. The van der Waals surface area contributed by atoms with Crippen LogP contribution in [0.25, 0.3) is 11.3 Å². The molecule has 0 aliphatic heterocycles. The quantitative estimate of drug-likeness (QED) is 0.712. The fourth-order valence-electron chi connectivity index (χ4n) is 2.53. The van der Waals surface area contributed by atoms with E-state index in [9.17, 15) is 9.18 Å². The molecule has 0 spiro atoms. The highest BCUT2D eigenvalue weighted by Gasteiger charge is 2.15. The summed E-state index contributed by atoms with van der Waals surface area (Å²) in [6.07, 6.45) is 1.42. The van der Waals surface area contributed by atoms with Gasteiger partial charge in [-0.1, -0.05) is 18.2 Å². The number of hydrogen-bond donors (Lipinski definition) is 2. The Kier molecular flexibility index (Phi) is 5.16. The number of benzene rings is 2. The number of carbonyl (C=O) groups excluding carboxylic acids is 1. The second-order valence-electron chi connectivity index (χ2n) is 7.21. The molecule has 0 aliphatic rings. The molecule has 0 unspecified atom stereocenters. The molecule has 0 bridgehead atoms. The van der Waals surface area contributed by atoms with E-state index in [4.69, 9.17) is 0 Å². The van der Waals surface area contributed by atoms with E-state index in [1.165, 1.54) is 18.5 Å². The predicted molar refractivity (Wildman–Crippen MR) is 104 cm³/mol. The highest BCUT2D eigenvalue weighted by atomic mass is 19.1. The lowest BCUT2D eigenvalue weighted by atomic mass is 10.1. The minimum atomic E-state index is -0.321. The Labute approximate surface area is 157 Å². The van der Waals surface area contributed by atoms with E-state index in [2.05, 4.69) is 20.6 Å². The molecule has 0 atom stereocenters. The van der Waals surface area contributed by atoms with Gasteiger partial charge in [0, 0.05) is 28.4 Å². The van der Waals surface area contributed by atoms with Crippen molar-refractivity contribution >= 4 is 17.4 Å². The number of hydrogen-bond acceptors (Lipinski definition) is 4. The van der Waals surface area contributed by atoms with Gasteiger partial charge < -0.3 is 10.6 Å². The summed E-state index contributed by atoms with van der Waals surface area (Å²) in [5.74, 6) is 0.0881. The minimum absolute atomic E-state index is 0.144. The molecule has 3 rings (SSSR count). The molecule has 138 valence electrons. The normalized spacial score (nSPS) is 11.1. The van der Waals surface area contributed by atoms with E-state index >= 15 is 0 Å². The van der Waals surface area contributed by atoms with Crippen LogP contribution in [0.4, 0.5) is 15.9 Å². The third kappa shape index (κ3) is 5.10. The van der Waals surface area contributed by atoms with Gasteiger partial charge >= 0.3 is 0 Å². The molecule has 6 heteroatoms. The molecule has 2 N–H and O–H groups in total. The molecule has 0 aliphatic carbocycles. The molecule has 0 saturated carbocycles. The molecule has 3 aromatic rings. The minimum Gasteiger partial charge on any atom is -0.347 e.